The number of rotatable bonds is 2. The van der Waals surface area contributed by atoms with Gasteiger partial charge in [-0.25, -0.2) is 0 Å². The van der Waals surface area contributed by atoms with Gasteiger partial charge in [0.1, 0.15) is 0 Å². The van der Waals surface area contributed by atoms with Crippen molar-refractivity contribution < 1.29 is 35.9 Å². The van der Waals surface area contributed by atoms with E-state index in [4.69, 9.17) is 5.11 Å². The number of alkyl halides is 2. The molecule has 1 heterocycles. The van der Waals surface area contributed by atoms with E-state index < -0.39 is 5.97 Å². The Labute approximate surface area is 69.1 Å². The molecule has 10 heavy (non-hydrogen) atoms. The molecule has 1 aliphatic heterocycles. The van der Waals surface area contributed by atoms with Crippen LogP contribution in [0.3, 0.4) is 0 Å². The zero-order valence-electron chi connectivity index (χ0n) is 5.29. The topological polar surface area (TPSA) is 54.4 Å². The second-order valence-corrected chi connectivity index (χ2v) is 5.47. The third kappa shape index (κ3) is 1.47. The Morgan fingerprint density at radius 3 is 2.80 bits per heavy atom. The number of aldehydes is 1. The number of carbonyl (C=O) groups excluding carboxylic acids is 1. The minimum absolute atomic E-state index is 0.176. The second kappa shape index (κ2) is 3.32. The quantitative estimate of drug-likeness (QED) is 0.320. The molecule has 1 rings (SSSR count). The Hall–Kier alpha value is -0.130. The molecule has 0 spiro atoms. The van der Waals surface area contributed by atoms with Gasteiger partial charge in [0.2, 0.25) is 0 Å². The van der Waals surface area contributed by atoms with Gasteiger partial charge in [-0.3, -0.25) is 0 Å². The van der Waals surface area contributed by atoms with Crippen LogP contribution in [0.1, 0.15) is 6.42 Å². The Kier molecular flexibility index (Phi) is 2.64. The predicted octanol–water partition coefficient (Wildman–Crippen LogP) is -3.25. The van der Waals surface area contributed by atoms with Crippen LogP contribution >= 0.6 is 0 Å². The van der Waals surface area contributed by atoms with E-state index in [1.54, 1.807) is 0 Å². The van der Waals surface area contributed by atoms with Crippen LogP contribution in [0, 0.1) is 5.92 Å². The summed E-state index contributed by atoms with van der Waals surface area (Å²) in [6, 6.07) is 0. The Morgan fingerprint density at radius 2 is 2.40 bits per heavy atom. The molecule has 0 aromatic rings. The van der Waals surface area contributed by atoms with Crippen LogP contribution in [0.4, 0.5) is 0 Å². The van der Waals surface area contributed by atoms with E-state index in [1.807, 2.05) is 0 Å². The molecule has 0 bridgehead atoms. The van der Waals surface area contributed by atoms with Crippen molar-refractivity contribution >= 4 is 12.3 Å². The number of carboxylic acid groups (broad SMARTS) is 1. The molecule has 0 saturated carbocycles. The zero-order valence-corrected chi connectivity index (χ0v) is 7.45. The van der Waals surface area contributed by atoms with E-state index in [0.717, 1.165) is 17.1 Å². The maximum absolute atomic E-state index is 10.4. The van der Waals surface area contributed by atoms with Gasteiger partial charge in [-0.1, -0.05) is 0 Å². The molecule has 4 heteroatoms. The minimum atomic E-state index is -0.776. The van der Waals surface area contributed by atoms with Crippen molar-refractivity contribution in [2.45, 2.75) is 10.3 Å². The van der Waals surface area contributed by atoms with Gasteiger partial charge in [-0.05, 0) is 0 Å². The third-order valence-electron chi connectivity index (χ3n) is 1.50. The van der Waals surface area contributed by atoms with Gasteiger partial charge in [0, 0.05) is 0 Å². The van der Waals surface area contributed by atoms with E-state index in [9.17, 15) is 9.59 Å². The fraction of sp³-hybridized carbons (Fsp3) is 0.667. The molecule has 2 atom stereocenters. The van der Waals surface area contributed by atoms with Crippen molar-refractivity contribution in [2.24, 2.45) is 5.92 Å². The number of aliphatic carboxylic acids is 1. The Morgan fingerprint density at radius 1 is 1.70 bits per heavy atom. The molecule has 0 aliphatic carbocycles. The Balaban J connectivity index is 2.58. The molecule has 0 aromatic heterocycles. The third-order valence-corrected chi connectivity index (χ3v) is 5.16. The van der Waals surface area contributed by atoms with Crippen molar-refractivity contribution in [3.8, 4) is 0 Å². The first-order valence-electron chi connectivity index (χ1n) is 3.01. The SMILES string of the molecule is O=CC1CC[I-]C1C(=O)O. The van der Waals surface area contributed by atoms with Gasteiger partial charge >= 0.3 is 68.8 Å². The second-order valence-electron chi connectivity index (χ2n) is 2.17. The van der Waals surface area contributed by atoms with Crippen molar-refractivity contribution in [1.29, 1.82) is 0 Å². The Bertz CT molecular complexity index is 157. The van der Waals surface area contributed by atoms with Gasteiger partial charge in [0.15, 0.2) is 0 Å². The molecule has 0 amide bonds. The first kappa shape index (κ1) is 7.97. The van der Waals surface area contributed by atoms with Gasteiger partial charge in [-0.15, -0.1) is 0 Å². The molecule has 1 N–H and O–H groups in total. The number of carboxylic acids is 1. The molecule has 3 nitrogen and oxygen atoms in total. The molecule has 0 radical (unpaired) electrons. The summed E-state index contributed by atoms with van der Waals surface area (Å²) in [4.78, 5) is 20.7. The van der Waals surface area contributed by atoms with Crippen molar-refractivity contribution in [3.63, 3.8) is 0 Å². The van der Waals surface area contributed by atoms with Crippen LogP contribution in [-0.2, 0) is 9.59 Å². The van der Waals surface area contributed by atoms with E-state index in [1.165, 1.54) is 0 Å². The molecule has 1 fully saturated rings. The van der Waals surface area contributed by atoms with Gasteiger partial charge in [-0.2, -0.15) is 0 Å². The standard InChI is InChI=1S/C6H8IO3/c8-3-4-1-2-7-5(4)6(9)10/h3-5H,1-2H2,(H,9,10)/q-1. The van der Waals surface area contributed by atoms with Gasteiger partial charge in [0.05, 0.1) is 0 Å². The maximum atomic E-state index is 10.4. The van der Waals surface area contributed by atoms with Crippen molar-refractivity contribution in [3.05, 3.63) is 0 Å². The summed E-state index contributed by atoms with van der Waals surface area (Å²) < 4.78 is 0.690. The van der Waals surface area contributed by atoms with Gasteiger partial charge in [0.25, 0.3) is 0 Å². The monoisotopic (exact) mass is 255 g/mol. The van der Waals surface area contributed by atoms with Crippen molar-refractivity contribution in [1.82, 2.24) is 0 Å². The molecular weight excluding hydrogens is 247 g/mol. The van der Waals surface area contributed by atoms with E-state index in [-0.39, 0.29) is 31.0 Å². The fourth-order valence-corrected chi connectivity index (χ4v) is 4.26. The van der Waals surface area contributed by atoms with Gasteiger partial charge < -0.3 is 0 Å². The van der Waals surface area contributed by atoms with Crippen LogP contribution in [-0.4, -0.2) is 25.7 Å². The van der Waals surface area contributed by atoms with E-state index in [0.29, 0.717) is 0 Å². The van der Waals surface area contributed by atoms with Crippen LogP contribution in [0.5, 0.6) is 0 Å². The summed E-state index contributed by atoms with van der Waals surface area (Å²) in [6.45, 7) is 0. The fourth-order valence-electron chi connectivity index (χ4n) is 0.953. The predicted molar refractivity (Wildman–Crippen MR) is 30.5 cm³/mol. The summed E-state index contributed by atoms with van der Waals surface area (Å²) in [5.41, 5.74) is 0. The number of halogens is 1. The number of hydrogen-bond acceptors (Lipinski definition) is 2. The summed E-state index contributed by atoms with van der Waals surface area (Å²) in [5.74, 6) is -0.951. The van der Waals surface area contributed by atoms with Crippen LogP contribution in [0.15, 0.2) is 0 Å². The summed E-state index contributed by atoms with van der Waals surface area (Å²) in [7, 11) is 0. The summed E-state index contributed by atoms with van der Waals surface area (Å²) in [5, 5.41) is 8.58. The average molecular weight is 255 g/mol. The first-order chi connectivity index (χ1) is 4.75. The van der Waals surface area contributed by atoms with Crippen molar-refractivity contribution in [2.75, 3.05) is 4.43 Å². The summed E-state index contributed by atoms with van der Waals surface area (Å²) in [6.07, 6.45) is 1.60. The normalized spacial score (nSPS) is 32.8. The molecule has 1 saturated heterocycles. The summed E-state index contributed by atoms with van der Waals surface area (Å²) >= 11 is -0.241. The molecular formula is C6H8IO3-. The number of carbonyl (C=O) groups is 2. The zero-order chi connectivity index (χ0) is 7.56. The number of hydrogen-bond donors (Lipinski definition) is 1. The molecule has 0 aromatic carbocycles. The molecule has 2 unspecified atom stereocenters. The van der Waals surface area contributed by atoms with Crippen LogP contribution < -0.4 is 21.2 Å². The molecule has 58 valence electrons. The van der Waals surface area contributed by atoms with Crippen LogP contribution in [0.2, 0.25) is 0 Å². The van der Waals surface area contributed by atoms with Crippen LogP contribution in [0.25, 0.3) is 0 Å². The first-order valence-corrected chi connectivity index (χ1v) is 5.78. The van der Waals surface area contributed by atoms with E-state index >= 15 is 0 Å². The average Bonchev–Trinajstić information content (AvgIpc) is 2.33. The molecule has 1 aliphatic rings. The van der Waals surface area contributed by atoms with E-state index in [2.05, 4.69) is 0 Å².